The second kappa shape index (κ2) is 5.80. The molecule has 1 atom stereocenters. The van der Waals surface area contributed by atoms with Crippen molar-refractivity contribution in [3.63, 3.8) is 0 Å². The molecule has 0 saturated carbocycles. The number of carbonyl (C=O) groups is 3. The average molecular weight is 350 g/mol. The molecule has 0 fully saturated rings. The molecule has 2 aliphatic rings. The van der Waals surface area contributed by atoms with Gasteiger partial charge in [0.15, 0.2) is 5.78 Å². The summed E-state index contributed by atoms with van der Waals surface area (Å²) < 4.78 is 5.25. The molecule has 2 aliphatic carbocycles. The minimum Gasteiger partial charge on any atom is -0.507 e. The van der Waals surface area contributed by atoms with E-state index in [0.29, 0.717) is 36.1 Å². The van der Waals surface area contributed by atoms with Gasteiger partial charge in [-0.15, -0.1) is 0 Å². The summed E-state index contributed by atoms with van der Waals surface area (Å²) in [5, 5.41) is 10.8. The van der Waals surface area contributed by atoms with E-state index in [4.69, 9.17) is 4.74 Å². The molecule has 1 N–H and O–H groups in total. The predicted octanol–water partition coefficient (Wildman–Crippen LogP) is 2.87. The Hall–Kier alpha value is -2.95. The van der Waals surface area contributed by atoms with Crippen molar-refractivity contribution in [3.05, 3.63) is 57.6 Å². The zero-order valence-electron chi connectivity index (χ0n) is 14.6. The molecule has 5 heteroatoms. The van der Waals surface area contributed by atoms with Crippen LogP contribution in [-0.4, -0.2) is 29.6 Å². The van der Waals surface area contributed by atoms with E-state index in [0.717, 1.165) is 5.56 Å². The molecule has 0 radical (unpaired) electrons. The summed E-state index contributed by atoms with van der Waals surface area (Å²) in [4.78, 5) is 37.8. The van der Waals surface area contributed by atoms with Crippen molar-refractivity contribution in [1.82, 2.24) is 0 Å². The van der Waals surface area contributed by atoms with Gasteiger partial charge in [-0.3, -0.25) is 14.4 Å². The van der Waals surface area contributed by atoms with Gasteiger partial charge in [-0.05, 0) is 49.4 Å². The van der Waals surface area contributed by atoms with Crippen LogP contribution in [0.2, 0.25) is 0 Å². The first-order valence-electron chi connectivity index (χ1n) is 8.58. The van der Waals surface area contributed by atoms with Crippen molar-refractivity contribution in [3.8, 4) is 11.5 Å². The molecule has 4 rings (SSSR count). The summed E-state index contributed by atoms with van der Waals surface area (Å²) in [6, 6.07) is 6.60. The van der Waals surface area contributed by atoms with Crippen LogP contribution in [0.1, 0.15) is 56.3 Å². The van der Waals surface area contributed by atoms with Crippen molar-refractivity contribution >= 4 is 17.3 Å². The number of ketones is 3. The number of carbonyl (C=O) groups excluding carboxylic acids is 3. The van der Waals surface area contributed by atoms with E-state index in [9.17, 15) is 19.5 Å². The predicted molar refractivity (Wildman–Crippen MR) is 94.2 cm³/mol. The summed E-state index contributed by atoms with van der Waals surface area (Å²) in [7, 11) is 1.44. The molecule has 0 amide bonds. The van der Waals surface area contributed by atoms with Crippen LogP contribution in [-0.2, 0) is 17.6 Å². The molecule has 0 saturated heterocycles. The van der Waals surface area contributed by atoms with Gasteiger partial charge < -0.3 is 9.84 Å². The SMILES string of the molecule is COc1cccc2c1C(=O)c1c(cc3c(c1O)CC(C(C)=O)CC3)C2=O. The van der Waals surface area contributed by atoms with Crippen LogP contribution in [0.4, 0.5) is 0 Å². The van der Waals surface area contributed by atoms with Gasteiger partial charge in [0.2, 0.25) is 5.78 Å². The molecular weight excluding hydrogens is 332 g/mol. The molecule has 5 nitrogen and oxygen atoms in total. The molecule has 0 bridgehead atoms. The van der Waals surface area contributed by atoms with Crippen molar-refractivity contribution in [2.75, 3.05) is 7.11 Å². The Bertz CT molecular complexity index is 986. The van der Waals surface area contributed by atoms with Crippen LogP contribution < -0.4 is 4.74 Å². The highest BCUT2D eigenvalue weighted by Crippen LogP contribution is 2.42. The molecular formula is C21H18O5. The number of phenols is 1. The van der Waals surface area contributed by atoms with Crippen molar-refractivity contribution in [2.24, 2.45) is 5.92 Å². The summed E-state index contributed by atoms with van der Waals surface area (Å²) in [6.07, 6.45) is 1.68. The van der Waals surface area contributed by atoms with Gasteiger partial charge in [0.1, 0.15) is 17.3 Å². The molecule has 2 aromatic carbocycles. The quantitative estimate of drug-likeness (QED) is 0.769. The van der Waals surface area contributed by atoms with E-state index in [1.807, 2.05) is 0 Å². The van der Waals surface area contributed by atoms with Crippen LogP contribution in [0.15, 0.2) is 24.3 Å². The lowest BCUT2D eigenvalue weighted by atomic mass is 9.75. The molecule has 0 spiro atoms. The number of aryl methyl sites for hydroxylation is 1. The lowest BCUT2D eigenvalue weighted by molar-refractivity contribution is -0.121. The van der Waals surface area contributed by atoms with Crippen LogP contribution >= 0.6 is 0 Å². The summed E-state index contributed by atoms with van der Waals surface area (Å²) >= 11 is 0. The lowest BCUT2D eigenvalue weighted by Gasteiger charge is -2.27. The average Bonchev–Trinajstić information content (AvgIpc) is 2.65. The number of ether oxygens (including phenoxy) is 1. The third-order valence-electron chi connectivity index (χ3n) is 5.48. The van der Waals surface area contributed by atoms with Gasteiger partial charge in [0, 0.05) is 17.0 Å². The van der Waals surface area contributed by atoms with Crippen molar-refractivity contribution in [1.29, 1.82) is 0 Å². The fourth-order valence-corrected chi connectivity index (χ4v) is 4.04. The molecule has 0 aliphatic heterocycles. The number of phenolic OH excluding ortho intramolecular Hbond substituents is 1. The summed E-state index contributed by atoms with van der Waals surface area (Å²) in [6.45, 7) is 1.54. The van der Waals surface area contributed by atoms with E-state index < -0.39 is 5.78 Å². The molecule has 132 valence electrons. The van der Waals surface area contributed by atoms with Gasteiger partial charge in [-0.2, -0.15) is 0 Å². The van der Waals surface area contributed by atoms with Crippen molar-refractivity contribution < 1.29 is 24.2 Å². The molecule has 0 aromatic heterocycles. The van der Waals surface area contributed by atoms with Gasteiger partial charge in [-0.25, -0.2) is 0 Å². The molecule has 1 unspecified atom stereocenters. The first-order valence-corrected chi connectivity index (χ1v) is 8.58. The Morgan fingerprint density at radius 2 is 1.92 bits per heavy atom. The van der Waals surface area contributed by atoms with Gasteiger partial charge in [-0.1, -0.05) is 12.1 Å². The molecule has 2 aromatic rings. The van der Waals surface area contributed by atoms with Gasteiger partial charge in [0.25, 0.3) is 0 Å². The van der Waals surface area contributed by atoms with Crippen LogP contribution in [0, 0.1) is 5.92 Å². The Balaban J connectivity index is 1.93. The number of methoxy groups -OCH3 is 1. The number of Topliss-reactive ketones (excluding diaryl/α,β-unsaturated/α-hetero) is 1. The highest BCUT2D eigenvalue weighted by atomic mass is 16.5. The van der Waals surface area contributed by atoms with Crippen LogP contribution in [0.3, 0.4) is 0 Å². The second-order valence-corrected chi connectivity index (χ2v) is 6.88. The van der Waals surface area contributed by atoms with Crippen molar-refractivity contribution in [2.45, 2.75) is 26.2 Å². The Kier molecular flexibility index (Phi) is 3.68. The first-order chi connectivity index (χ1) is 12.4. The maximum absolute atomic E-state index is 13.1. The Morgan fingerprint density at radius 1 is 1.15 bits per heavy atom. The van der Waals surface area contributed by atoms with Crippen LogP contribution in [0.25, 0.3) is 0 Å². The van der Waals surface area contributed by atoms with Gasteiger partial charge >= 0.3 is 0 Å². The third-order valence-corrected chi connectivity index (χ3v) is 5.48. The Labute approximate surface area is 150 Å². The van der Waals surface area contributed by atoms with E-state index in [1.54, 1.807) is 31.2 Å². The number of fused-ring (bicyclic) bond motifs is 3. The topological polar surface area (TPSA) is 80.7 Å². The van der Waals surface area contributed by atoms with E-state index in [-0.39, 0.29) is 39.9 Å². The smallest absolute Gasteiger partial charge is 0.201 e. The normalized spacial score (nSPS) is 18.0. The zero-order chi connectivity index (χ0) is 18.6. The van der Waals surface area contributed by atoms with E-state index >= 15 is 0 Å². The number of hydrogen-bond acceptors (Lipinski definition) is 5. The third kappa shape index (κ3) is 2.20. The minimum absolute atomic E-state index is 0.0231. The maximum atomic E-state index is 13.1. The fraction of sp³-hybridized carbons (Fsp3) is 0.286. The maximum Gasteiger partial charge on any atom is 0.201 e. The summed E-state index contributed by atoms with van der Waals surface area (Å²) in [5.74, 6) is -0.661. The van der Waals surface area contributed by atoms with Gasteiger partial charge in [0.05, 0.1) is 18.2 Å². The monoisotopic (exact) mass is 350 g/mol. The standard InChI is InChI=1S/C21H18O5/c1-10(22)11-6-7-12-9-15-18(20(24)14(12)8-11)21(25)17-13(19(15)23)4-3-5-16(17)26-2/h3-5,9,11,24H,6-8H2,1-2H3. The van der Waals surface area contributed by atoms with E-state index in [2.05, 4.69) is 0 Å². The summed E-state index contributed by atoms with van der Waals surface area (Å²) in [5.41, 5.74) is 2.17. The highest BCUT2D eigenvalue weighted by molar-refractivity contribution is 6.30. The van der Waals surface area contributed by atoms with Crippen LogP contribution in [0.5, 0.6) is 11.5 Å². The number of hydrogen-bond donors (Lipinski definition) is 1. The molecule has 26 heavy (non-hydrogen) atoms. The number of benzene rings is 2. The second-order valence-electron chi connectivity index (χ2n) is 6.88. The highest BCUT2D eigenvalue weighted by Gasteiger charge is 2.37. The Morgan fingerprint density at radius 3 is 2.62 bits per heavy atom. The zero-order valence-corrected chi connectivity index (χ0v) is 14.6. The minimum atomic E-state index is -0.419. The van der Waals surface area contributed by atoms with E-state index in [1.165, 1.54) is 7.11 Å². The lowest BCUT2D eigenvalue weighted by Crippen LogP contribution is -2.26. The largest absolute Gasteiger partial charge is 0.507 e. The first kappa shape index (κ1) is 16.5. The fourth-order valence-electron chi connectivity index (χ4n) is 4.04. The number of aromatic hydroxyl groups is 1. The molecule has 0 heterocycles. The number of rotatable bonds is 2.